The van der Waals surface area contributed by atoms with E-state index in [1.165, 1.54) is 12.4 Å². The molecule has 1 amide bonds. The van der Waals surface area contributed by atoms with E-state index in [1.54, 1.807) is 12.1 Å². The van der Waals surface area contributed by atoms with Crippen molar-refractivity contribution in [3.63, 3.8) is 0 Å². The molecule has 100 valence electrons. The van der Waals surface area contributed by atoms with Crippen LogP contribution in [-0.4, -0.2) is 22.4 Å². The number of carbonyl (C=O) groups is 1. The molecule has 0 aliphatic carbocycles. The summed E-state index contributed by atoms with van der Waals surface area (Å²) in [5.74, 6) is 4.78. The van der Waals surface area contributed by atoms with E-state index in [9.17, 15) is 9.18 Å². The second-order valence-electron chi connectivity index (χ2n) is 3.78. The molecule has 3 N–H and O–H groups in total. The van der Waals surface area contributed by atoms with Crippen LogP contribution in [0.1, 0.15) is 15.9 Å². The molecule has 0 aromatic carbocycles. The lowest BCUT2D eigenvalue weighted by Gasteiger charge is -2.04. The summed E-state index contributed by atoms with van der Waals surface area (Å²) in [6.07, 6.45) is 3.81. The Morgan fingerprint density at radius 3 is 3.00 bits per heavy atom. The first-order valence-electron chi connectivity index (χ1n) is 5.76. The summed E-state index contributed by atoms with van der Waals surface area (Å²) < 4.78 is 13.0. The molecule has 6 heteroatoms. The van der Waals surface area contributed by atoms with Crippen LogP contribution in [0.2, 0.25) is 0 Å². The lowest BCUT2D eigenvalue weighted by Crippen LogP contribution is -2.13. The molecule has 0 unspecified atom stereocenters. The van der Waals surface area contributed by atoms with Gasteiger partial charge in [0.15, 0.2) is 0 Å². The molecule has 20 heavy (non-hydrogen) atoms. The number of rotatable bonds is 2. The van der Waals surface area contributed by atoms with Crippen molar-refractivity contribution in [3.8, 4) is 11.8 Å². The second kappa shape index (κ2) is 6.41. The van der Waals surface area contributed by atoms with Crippen molar-refractivity contribution in [2.24, 2.45) is 5.73 Å². The largest absolute Gasteiger partial charge is 0.320 e. The highest BCUT2D eigenvalue weighted by Crippen LogP contribution is 2.08. The Balaban J connectivity index is 2.15. The number of hydrogen-bond donors (Lipinski definition) is 2. The first-order chi connectivity index (χ1) is 9.69. The van der Waals surface area contributed by atoms with Crippen LogP contribution in [0.3, 0.4) is 0 Å². The van der Waals surface area contributed by atoms with Crippen LogP contribution < -0.4 is 11.1 Å². The predicted octanol–water partition coefficient (Wildman–Crippen LogP) is 1.18. The molecular formula is C14H11FN4O. The summed E-state index contributed by atoms with van der Waals surface area (Å²) in [6.45, 7) is 0.249. The van der Waals surface area contributed by atoms with Gasteiger partial charge in [-0.3, -0.25) is 9.78 Å². The Bertz CT molecular complexity index is 691. The van der Waals surface area contributed by atoms with Crippen LogP contribution in [0, 0.1) is 17.7 Å². The van der Waals surface area contributed by atoms with Gasteiger partial charge in [-0.1, -0.05) is 11.8 Å². The van der Waals surface area contributed by atoms with Gasteiger partial charge >= 0.3 is 0 Å². The number of nitrogens with zero attached hydrogens (tertiary/aromatic N) is 2. The fraction of sp³-hybridized carbons (Fsp3) is 0.0714. The van der Waals surface area contributed by atoms with E-state index >= 15 is 0 Å². The van der Waals surface area contributed by atoms with Gasteiger partial charge in [-0.2, -0.15) is 0 Å². The molecule has 2 heterocycles. The van der Waals surface area contributed by atoms with Crippen molar-refractivity contribution in [1.82, 2.24) is 9.97 Å². The number of amides is 1. The van der Waals surface area contributed by atoms with Gasteiger partial charge in [0.25, 0.3) is 5.91 Å². The molecule has 2 aromatic heterocycles. The molecule has 0 bridgehead atoms. The number of pyridine rings is 2. The van der Waals surface area contributed by atoms with Crippen LogP contribution in [0.4, 0.5) is 10.2 Å². The Labute approximate surface area is 115 Å². The third-order valence-electron chi connectivity index (χ3n) is 2.30. The zero-order valence-electron chi connectivity index (χ0n) is 10.4. The Kier molecular flexibility index (Phi) is 4.37. The van der Waals surface area contributed by atoms with E-state index in [0.717, 1.165) is 12.3 Å². The molecule has 0 spiro atoms. The average molecular weight is 270 g/mol. The third-order valence-corrected chi connectivity index (χ3v) is 2.30. The number of nitrogens with one attached hydrogen (secondary N) is 1. The molecule has 2 aromatic rings. The van der Waals surface area contributed by atoms with Gasteiger partial charge in [0.05, 0.1) is 18.3 Å². The normalized spacial score (nSPS) is 9.50. The SMILES string of the molecule is NCC#Cc1ccnc(NC(=O)c2cncc(F)c2)c1. The van der Waals surface area contributed by atoms with Gasteiger partial charge in [0, 0.05) is 18.0 Å². The highest BCUT2D eigenvalue weighted by molar-refractivity contribution is 6.03. The second-order valence-corrected chi connectivity index (χ2v) is 3.78. The molecule has 0 aliphatic rings. The van der Waals surface area contributed by atoms with Crippen molar-refractivity contribution in [3.05, 3.63) is 53.7 Å². The summed E-state index contributed by atoms with van der Waals surface area (Å²) in [7, 11) is 0. The van der Waals surface area contributed by atoms with Crippen molar-refractivity contribution < 1.29 is 9.18 Å². The van der Waals surface area contributed by atoms with E-state index in [1.807, 2.05) is 0 Å². The number of nitrogens with two attached hydrogens (primary N) is 1. The third kappa shape index (κ3) is 3.60. The predicted molar refractivity (Wildman–Crippen MR) is 72.3 cm³/mol. The average Bonchev–Trinajstić information content (AvgIpc) is 2.45. The van der Waals surface area contributed by atoms with Crippen LogP contribution >= 0.6 is 0 Å². The van der Waals surface area contributed by atoms with E-state index < -0.39 is 11.7 Å². The minimum absolute atomic E-state index is 0.116. The van der Waals surface area contributed by atoms with Gasteiger partial charge in [0.1, 0.15) is 11.6 Å². The summed E-state index contributed by atoms with van der Waals surface area (Å²) >= 11 is 0. The minimum atomic E-state index is -0.576. The first kappa shape index (κ1) is 13.6. The number of anilines is 1. The van der Waals surface area contributed by atoms with Crippen molar-refractivity contribution >= 4 is 11.7 Å². The Morgan fingerprint density at radius 2 is 2.25 bits per heavy atom. The van der Waals surface area contributed by atoms with E-state index in [2.05, 4.69) is 27.1 Å². The summed E-state index contributed by atoms with van der Waals surface area (Å²) in [5, 5.41) is 2.55. The number of aromatic nitrogens is 2. The maximum absolute atomic E-state index is 13.0. The minimum Gasteiger partial charge on any atom is -0.320 e. The lowest BCUT2D eigenvalue weighted by molar-refractivity contribution is 0.102. The van der Waals surface area contributed by atoms with E-state index in [-0.39, 0.29) is 12.1 Å². The zero-order chi connectivity index (χ0) is 14.4. The topological polar surface area (TPSA) is 80.9 Å². The van der Waals surface area contributed by atoms with Gasteiger partial charge in [-0.15, -0.1) is 0 Å². The molecule has 0 atom stereocenters. The van der Waals surface area contributed by atoms with Crippen LogP contribution in [0.15, 0.2) is 36.8 Å². The highest BCUT2D eigenvalue weighted by atomic mass is 19.1. The maximum Gasteiger partial charge on any atom is 0.258 e. The van der Waals surface area contributed by atoms with Crippen molar-refractivity contribution in [2.75, 3.05) is 11.9 Å². The lowest BCUT2D eigenvalue weighted by atomic mass is 10.2. The number of carbonyl (C=O) groups excluding carboxylic acids is 1. The number of hydrogen-bond acceptors (Lipinski definition) is 4. The van der Waals surface area contributed by atoms with E-state index in [0.29, 0.717) is 11.4 Å². The fourth-order valence-corrected chi connectivity index (χ4v) is 1.45. The number of halogens is 1. The Hall–Kier alpha value is -2.78. The molecule has 0 saturated carbocycles. The van der Waals surface area contributed by atoms with Crippen LogP contribution in [0.25, 0.3) is 0 Å². The smallest absolute Gasteiger partial charge is 0.258 e. The Morgan fingerprint density at radius 1 is 1.40 bits per heavy atom. The maximum atomic E-state index is 13.0. The highest BCUT2D eigenvalue weighted by Gasteiger charge is 2.08. The quantitative estimate of drug-likeness (QED) is 0.803. The molecule has 0 fully saturated rings. The monoisotopic (exact) mass is 270 g/mol. The van der Waals surface area contributed by atoms with Gasteiger partial charge < -0.3 is 11.1 Å². The van der Waals surface area contributed by atoms with Crippen LogP contribution in [0.5, 0.6) is 0 Å². The molecule has 0 radical (unpaired) electrons. The summed E-state index contributed by atoms with van der Waals surface area (Å²) in [5.41, 5.74) is 6.08. The van der Waals surface area contributed by atoms with Crippen molar-refractivity contribution in [2.45, 2.75) is 0 Å². The standard InChI is InChI=1S/C14H11FN4O/c15-12-7-11(8-17-9-12)14(20)19-13-6-10(2-1-4-16)3-5-18-13/h3,5-9H,4,16H2,(H,18,19,20). The van der Waals surface area contributed by atoms with Crippen molar-refractivity contribution in [1.29, 1.82) is 0 Å². The van der Waals surface area contributed by atoms with Crippen LogP contribution in [-0.2, 0) is 0 Å². The fourth-order valence-electron chi connectivity index (χ4n) is 1.45. The zero-order valence-corrected chi connectivity index (χ0v) is 10.4. The molecular weight excluding hydrogens is 259 g/mol. The van der Waals surface area contributed by atoms with E-state index in [4.69, 9.17) is 5.73 Å². The first-order valence-corrected chi connectivity index (χ1v) is 5.76. The van der Waals surface area contributed by atoms with Gasteiger partial charge in [-0.25, -0.2) is 9.37 Å². The van der Waals surface area contributed by atoms with Gasteiger partial charge in [-0.05, 0) is 18.2 Å². The molecule has 2 rings (SSSR count). The summed E-state index contributed by atoms with van der Waals surface area (Å²) in [6, 6.07) is 4.40. The molecule has 5 nitrogen and oxygen atoms in total. The molecule has 0 saturated heterocycles. The summed E-state index contributed by atoms with van der Waals surface area (Å²) in [4.78, 5) is 19.5. The molecule has 0 aliphatic heterocycles. The van der Waals surface area contributed by atoms with Gasteiger partial charge in [0.2, 0.25) is 0 Å².